The predicted octanol–water partition coefficient (Wildman–Crippen LogP) is 2.43. The third-order valence-electron chi connectivity index (χ3n) is 9.84. The number of nitrogens with zero attached hydrogens (tertiary/aromatic N) is 7. The van der Waals surface area contributed by atoms with E-state index in [1.165, 1.54) is 6.08 Å². The monoisotopic (exact) mass is 582 g/mol. The summed E-state index contributed by atoms with van der Waals surface area (Å²) in [5, 5.41) is 8.30. The number of fused-ring (bicyclic) bond motifs is 5. The second kappa shape index (κ2) is 10.6. The number of ether oxygens (including phenoxy) is 1. The molecule has 0 aromatic carbocycles. The number of carbonyl (C=O) groups excluding carboxylic acids is 1. The lowest BCUT2D eigenvalue weighted by Crippen LogP contribution is -2.73. The molecule has 1 amide bonds. The number of nitrogens with one attached hydrogen (secondary N) is 1. The molecule has 3 saturated heterocycles. The number of hydrogen-bond acceptors (Lipinski definition) is 8. The van der Waals surface area contributed by atoms with Crippen LogP contribution in [0.1, 0.15) is 48.8 Å². The van der Waals surface area contributed by atoms with Gasteiger partial charge in [0.1, 0.15) is 17.1 Å². The van der Waals surface area contributed by atoms with Crippen LogP contribution in [0.2, 0.25) is 0 Å². The van der Waals surface area contributed by atoms with E-state index in [0.717, 1.165) is 56.1 Å². The quantitative estimate of drug-likeness (QED) is 0.551. The Morgan fingerprint density at radius 3 is 2.64 bits per heavy atom. The summed E-state index contributed by atoms with van der Waals surface area (Å²) in [5.41, 5.74) is 3.13. The van der Waals surface area contributed by atoms with Gasteiger partial charge >= 0.3 is 0 Å². The third kappa shape index (κ3) is 4.58. The summed E-state index contributed by atoms with van der Waals surface area (Å²) < 4.78 is 37.6. The summed E-state index contributed by atoms with van der Waals surface area (Å²) in [6.07, 6.45) is 0.856. The van der Waals surface area contributed by atoms with Crippen molar-refractivity contribution in [1.82, 2.24) is 29.9 Å². The van der Waals surface area contributed by atoms with Crippen LogP contribution in [0.3, 0.4) is 0 Å². The maximum Gasteiger partial charge on any atom is 0.280 e. The SMILES string of the molecule is C=CC(=O)N1CCN(C2CN3c4cc(N5CCC6(CC5)O[C@@H](C)Cn5nc(C)cc56)nc(C(F)F)c4CCNC23)CC1. The Morgan fingerprint density at radius 1 is 1.17 bits per heavy atom. The molecule has 0 aliphatic carbocycles. The van der Waals surface area contributed by atoms with Gasteiger partial charge in [-0.05, 0) is 45.3 Å². The number of piperazine rings is 1. The van der Waals surface area contributed by atoms with Crippen LogP contribution in [-0.2, 0) is 28.1 Å². The minimum absolute atomic E-state index is 0.0279. The Bertz CT molecular complexity index is 1370. The summed E-state index contributed by atoms with van der Waals surface area (Å²) in [6.45, 7) is 14.1. The number of alkyl halides is 2. The fourth-order valence-electron chi connectivity index (χ4n) is 7.71. The molecule has 10 nitrogen and oxygen atoms in total. The minimum atomic E-state index is -2.64. The van der Waals surface area contributed by atoms with Crippen molar-refractivity contribution in [1.29, 1.82) is 0 Å². The third-order valence-corrected chi connectivity index (χ3v) is 9.84. The fourth-order valence-corrected chi connectivity index (χ4v) is 7.71. The summed E-state index contributed by atoms with van der Waals surface area (Å²) in [6, 6.07) is 4.42. The van der Waals surface area contributed by atoms with Crippen molar-refractivity contribution < 1.29 is 18.3 Å². The van der Waals surface area contributed by atoms with Gasteiger partial charge in [-0.25, -0.2) is 13.8 Å². The average Bonchev–Trinajstić information content (AvgIpc) is 3.29. The van der Waals surface area contributed by atoms with E-state index in [-0.39, 0.29) is 29.9 Å². The molecule has 7 rings (SSSR count). The molecule has 0 bridgehead atoms. The van der Waals surface area contributed by atoms with Crippen molar-refractivity contribution in [3.63, 3.8) is 0 Å². The maximum absolute atomic E-state index is 14.5. The summed E-state index contributed by atoms with van der Waals surface area (Å²) in [7, 11) is 0. The van der Waals surface area contributed by atoms with Gasteiger partial charge < -0.3 is 19.4 Å². The Labute approximate surface area is 245 Å². The second-order valence-corrected chi connectivity index (χ2v) is 12.4. The van der Waals surface area contributed by atoms with Crippen molar-refractivity contribution >= 4 is 17.4 Å². The van der Waals surface area contributed by atoms with Crippen LogP contribution >= 0.6 is 0 Å². The fraction of sp³-hybridized carbons (Fsp3) is 0.633. The van der Waals surface area contributed by atoms with E-state index < -0.39 is 12.0 Å². The van der Waals surface area contributed by atoms with Gasteiger partial charge in [-0.3, -0.25) is 19.7 Å². The van der Waals surface area contributed by atoms with E-state index in [9.17, 15) is 13.6 Å². The highest BCUT2D eigenvalue weighted by Gasteiger charge is 2.47. The molecule has 0 saturated carbocycles. The van der Waals surface area contributed by atoms with Crippen molar-refractivity contribution in [2.24, 2.45) is 0 Å². The number of halogens is 2. The minimum Gasteiger partial charge on any atom is -0.364 e. The summed E-state index contributed by atoms with van der Waals surface area (Å²) in [5.74, 6) is 0.591. The van der Waals surface area contributed by atoms with Crippen LogP contribution in [-0.4, -0.2) is 101 Å². The molecule has 7 heterocycles. The maximum atomic E-state index is 14.5. The van der Waals surface area contributed by atoms with Gasteiger partial charge in [0, 0.05) is 69.7 Å². The first-order valence-corrected chi connectivity index (χ1v) is 15.2. The molecule has 1 N–H and O–H groups in total. The molecule has 0 radical (unpaired) electrons. The lowest BCUT2D eigenvalue weighted by molar-refractivity contribution is -0.136. The van der Waals surface area contributed by atoms with Gasteiger partial charge in [-0.15, -0.1) is 0 Å². The smallest absolute Gasteiger partial charge is 0.280 e. The van der Waals surface area contributed by atoms with E-state index in [2.05, 4.69) is 54.4 Å². The van der Waals surface area contributed by atoms with Crippen LogP contribution in [0.15, 0.2) is 24.8 Å². The van der Waals surface area contributed by atoms with E-state index in [4.69, 9.17) is 4.74 Å². The number of anilines is 2. The number of amides is 1. The lowest BCUT2D eigenvalue weighted by atomic mass is 9.86. The zero-order valence-corrected chi connectivity index (χ0v) is 24.4. The highest BCUT2D eigenvalue weighted by atomic mass is 19.3. The van der Waals surface area contributed by atoms with Gasteiger partial charge in [-0.2, -0.15) is 5.10 Å². The molecule has 3 fully saturated rings. The van der Waals surface area contributed by atoms with E-state index in [0.29, 0.717) is 50.5 Å². The molecule has 12 heteroatoms. The molecular formula is C30H40F2N8O2. The number of aromatic nitrogens is 3. The predicted molar refractivity (Wildman–Crippen MR) is 155 cm³/mol. The number of piperidine rings is 1. The first kappa shape index (κ1) is 27.7. The number of pyridine rings is 1. The van der Waals surface area contributed by atoms with Crippen LogP contribution in [0.4, 0.5) is 20.3 Å². The average molecular weight is 583 g/mol. The number of rotatable bonds is 4. The van der Waals surface area contributed by atoms with E-state index in [1.807, 2.05) is 17.9 Å². The molecule has 5 aliphatic rings. The Morgan fingerprint density at radius 2 is 1.93 bits per heavy atom. The van der Waals surface area contributed by atoms with Crippen LogP contribution in [0.25, 0.3) is 0 Å². The number of aryl methyl sites for hydroxylation is 1. The number of hydrogen-bond donors (Lipinski definition) is 1. The Kier molecular flexibility index (Phi) is 6.98. The Balaban J connectivity index is 1.11. The van der Waals surface area contributed by atoms with Crippen molar-refractivity contribution in [2.45, 2.75) is 70.0 Å². The second-order valence-electron chi connectivity index (χ2n) is 12.4. The highest BCUT2D eigenvalue weighted by molar-refractivity contribution is 5.87. The van der Waals surface area contributed by atoms with Crippen molar-refractivity contribution in [2.75, 3.05) is 62.2 Å². The first-order chi connectivity index (χ1) is 20.3. The molecule has 226 valence electrons. The number of carbonyl (C=O) groups is 1. The molecular weight excluding hydrogens is 542 g/mol. The Hall–Kier alpha value is -3.09. The van der Waals surface area contributed by atoms with E-state index >= 15 is 0 Å². The van der Waals surface area contributed by atoms with Crippen molar-refractivity contribution in [3.8, 4) is 0 Å². The summed E-state index contributed by atoms with van der Waals surface area (Å²) in [4.78, 5) is 25.3. The standard InChI is InChI=1S/C30H40F2N8O2/c1-4-26(41)38-13-11-36(12-14-38)23-18-39-22-16-25(34-27(28(31)32)21(22)5-8-33-29(23)39)37-9-6-30(7-10-37)24-15-19(2)35-40(24)17-20(3)42-30/h4,15-16,20,23,28-29,33H,1,5-14,17-18H2,2-3H3/t20-,23?,29?/m0/s1. The zero-order chi connectivity index (χ0) is 29.2. The molecule has 5 aliphatic heterocycles. The van der Waals surface area contributed by atoms with Crippen LogP contribution < -0.4 is 15.1 Å². The first-order valence-electron chi connectivity index (χ1n) is 15.2. The molecule has 2 aromatic rings. The highest BCUT2D eigenvalue weighted by Crippen LogP contribution is 2.44. The normalized spacial score (nSPS) is 27.3. The molecule has 3 atom stereocenters. The van der Waals surface area contributed by atoms with Gasteiger partial charge in [0.2, 0.25) is 5.91 Å². The topological polar surface area (TPSA) is 82.0 Å². The van der Waals surface area contributed by atoms with Gasteiger partial charge in [0.05, 0.1) is 36.2 Å². The van der Waals surface area contributed by atoms with Crippen LogP contribution in [0, 0.1) is 6.92 Å². The summed E-state index contributed by atoms with van der Waals surface area (Å²) >= 11 is 0. The molecule has 2 aromatic heterocycles. The van der Waals surface area contributed by atoms with Crippen molar-refractivity contribution in [3.05, 3.63) is 47.4 Å². The molecule has 1 spiro atoms. The van der Waals surface area contributed by atoms with E-state index in [1.54, 1.807) is 0 Å². The van der Waals surface area contributed by atoms with Crippen LogP contribution in [0.5, 0.6) is 0 Å². The molecule has 42 heavy (non-hydrogen) atoms. The zero-order valence-electron chi connectivity index (χ0n) is 24.4. The van der Waals surface area contributed by atoms with Gasteiger partial charge in [0.15, 0.2) is 0 Å². The largest absolute Gasteiger partial charge is 0.364 e. The van der Waals surface area contributed by atoms with Gasteiger partial charge in [0.25, 0.3) is 6.43 Å². The van der Waals surface area contributed by atoms with Gasteiger partial charge in [-0.1, -0.05) is 6.58 Å². The lowest BCUT2D eigenvalue weighted by Gasteiger charge is -2.55. The molecule has 2 unspecified atom stereocenters.